The van der Waals surface area contributed by atoms with Gasteiger partial charge in [0, 0.05) is 6.54 Å². The van der Waals surface area contributed by atoms with Crippen LogP contribution in [0.4, 0.5) is 0 Å². The number of hydrogen-bond donors (Lipinski definition) is 1. The van der Waals surface area contributed by atoms with E-state index in [-0.39, 0.29) is 12.5 Å². The Bertz CT molecular complexity index is 442. The summed E-state index contributed by atoms with van der Waals surface area (Å²) in [5.41, 5.74) is 1.16. The van der Waals surface area contributed by atoms with Crippen molar-refractivity contribution >= 4 is 11.9 Å². The lowest BCUT2D eigenvalue weighted by molar-refractivity contribution is -0.154. The number of carbonyl (C=O) groups excluding carboxylic acids is 2. The summed E-state index contributed by atoms with van der Waals surface area (Å²) in [5.74, 6) is -0.476. The van der Waals surface area contributed by atoms with Crippen molar-refractivity contribution in [2.75, 3.05) is 20.3 Å². The third-order valence-corrected chi connectivity index (χ3v) is 2.82. The second kappa shape index (κ2) is 8.19. The molecule has 1 atom stereocenters. The number of methoxy groups -OCH3 is 1. The van der Waals surface area contributed by atoms with Crippen LogP contribution in [0.5, 0.6) is 5.75 Å². The van der Waals surface area contributed by atoms with Crippen molar-refractivity contribution in [3.05, 3.63) is 29.8 Å². The Morgan fingerprint density at radius 1 is 1.25 bits per heavy atom. The van der Waals surface area contributed by atoms with Crippen LogP contribution >= 0.6 is 0 Å². The molecule has 1 N–H and O–H groups in total. The van der Waals surface area contributed by atoms with Gasteiger partial charge in [0.2, 0.25) is 0 Å². The molecule has 0 aliphatic rings. The lowest BCUT2D eigenvalue weighted by atomic mass is 10.0. The zero-order chi connectivity index (χ0) is 15.0. The molecule has 0 saturated heterocycles. The summed E-state index contributed by atoms with van der Waals surface area (Å²) < 4.78 is 9.71. The second-order valence-electron chi connectivity index (χ2n) is 4.59. The number of nitrogens with one attached hydrogen (secondary N) is 1. The van der Waals surface area contributed by atoms with Gasteiger partial charge in [-0.3, -0.25) is 4.79 Å². The van der Waals surface area contributed by atoms with Crippen LogP contribution in [0.25, 0.3) is 0 Å². The second-order valence-corrected chi connectivity index (χ2v) is 4.59. The van der Waals surface area contributed by atoms with Crippen LogP contribution < -0.4 is 10.1 Å². The molecule has 0 aromatic heterocycles. The van der Waals surface area contributed by atoms with E-state index in [4.69, 9.17) is 4.74 Å². The van der Waals surface area contributed by atoms with Crippen LogP contribution in [0.2, 0.25) is 0 Å². The van der Waals surface area contributed by atoms with Crippen LogP contribution in [0.15, 0.2) is 24.3 Å². The molecule has 0 spiro atoms. The number of ether oxygens (including phenoxy) is 2. The van der Waals surface area contributed by atoms with Crippen LogP contribution in [0.1, 0.15) is 19.4 Å². The molecule has 0 fully saturated rings. The first-order valence-electron chi connectivity index (χ1n) is 6.64. The van der Waals surface area contributed by atoms with Crippen molar-refractivity contribution in [2.45, 2.75) is 20.3 Å². The molecule has 1 rings (SSSR count). The fraction of sp³-hybridized carbons (Fsp3) is 0.467. The van der Waals surface area contributed by atoms with E-state index in [0.29, 0.717) is 6.54 Å². The highest BCUT2D eigenvalue weighted by atomic mass is 16.5. The Morgan fingerprint density at radius 3 is 2.45 bits per heavy atom. The smallest absolute Gasteiger partial charge is 0.396 e. The van der Waals surface area contributed by atoms with Gasteiger partial charge in [-0.15, -0.1) is 0 Å². The average molecular weight is 279 g/mol. The maximum Gasteiger partial charge on any atom is 0.396 e. The predicted molar refractivity (Wildman–Crippen MR) is 75.5 cm³/mol. The van der Waals surface area contributed by atoms with Crippen LogP contribution in [-0.4, -0.2) is 32.1 Å². The zero-order valence-electron chi connectivity index (χ0n) is 12.1. The summed E-state index contributed by atoms with van der Waals surface area (Å²) in [7, 11) is 1.63. The number of rotatable bonds is 6. The SMILES string of the molecule is CCOC(=O)C(=O)NC[C@@H](C)Cc1ccc(OC)cc1. The predicted octanol–water partition coefficient (Wildman–Crippen LogP) is 1.55. The Balaban J connectivity index is 2.37. The number of carbonyl (C=O) groups is 2. The number of esters is 1. The summed E-state index contributed by atoms with van der Waals surface area (Å²) in [6.07, 6.45) is 0.813. The van der Waals surface area contributed by atoms with Gasteiger partial charge >= 0.3 is 11.9 Å². The lowest BCUT2D eigenvalue weighted by Gasteiger charge is -2.12. The Morgan fingerprint density at radius 2 is 1.90 bits per heavy atom. The van der Waals surface area contributed by atoms with Crippen molar-refractivity contribution < 1.29 is 19.1 Å². The fourth-order valence-electron chi connectivity index (χ4n) is 1.77. The molecule has 0 unspecified atom stereocenters. The van der Waals surface area contributed by atoms with Crippen LogP contribution in [0, 0.1) is 5.92 Å². The molecule has 5 heteroatoms. The zero-order valence-corrected chi connectivity index (χ0v) is 12.1. The van der Waals surface area contributed by atoms with E-state index < -0.39 is 11.9 Å². The Labute approximate surface area is 119 Å². The minimum Gasteiger partial charge on any atom is -0.497 e. The highest BCUT2D eigenvalue weighted by molar-refractivity contribution is 6.32. The van der Waals surface area contributed by atoms with Crippen molar-refractivity contribution in [1.29, 1.82) is 0 Å². The van der Waals surface area contributed by atoms with Gasteiger partial charge in [0.15, 0.2) is 0 Å². The largest absolute Gasteiger partial charge is 0.497 e. The van der Waals surface area contributed by atoms with E-state index in [9.17, 15) is 9.59 Å². The molecule has 110 valence electrons. The monoisotopic (exact) mass is 279 g/mol. The molecule has 1 amide bonds. The van der Waals surface area contributed by atoms with Gasteiger partial charge in [0.25, 0.3) is 0 Å². The third-order valence-electron chi connectivity index (χ3n) is 2.82. The summed E-state index contributed by atoms with van der Waals surface area (Å²) in [4.78, 5) is 22.5. The van der Waals surface area contributed by atoms with E-state index in [2.05, 4.69) is 10.1 Å². The van der Waals surface area contributed by atoms with Gasteiger partial charge in [0.1, 0.15) is 5.75 Å². The van der Waals surface area contributed by atoms with Gasteiger partial charge in [-0.1, -0.05) is 19.1 Å². The quantitative estimate of drug-likeness (QED) is 0.634. The Kier molecular flexibility index (Phi) is 6.56. The maximum atomic E-state index is 11.4. The topological polar surface area (TPSA) is 64.6 Å². The van der Waals surface area contributed by atoms with Gasteiger partial charge in [0.05, 0.1) is 13.7 Å². The molecule has 0 aliphatic heterocycles. The summed E-state index contributed by atoms with van der Waals surface area (Å²) in [6.45, 7) is 4.31. The first-order chi connectivity index (χ1) is 9.56. The van der Waals surface area contributed by atoms with Crippen molar-refractivity contribution in [1.82, 2.24) is 5.32 Å². The lowest BCUT2D eigenvalue weighted by Crippen LogP contribution is -2.35. The van der Waals surface area contributed by atoms with E-state index in [1.54, 1.807) is 14.0 Å². The van der Waals surface area contributed by atoms with Crippen molar-refractivity contribution in [3.8, 4) is 5.75 Å². The highest BCUT2D eigenvalue weighted by Gasteiger charge is 2.15. The molecule has 0 heterocycles. The summed E-state index contributed by atoms with van der Waals surface area (Å²) in [6, 6.07) is 7.78. The normalized spacial score (nSPS) is 11.6. The minimum absolute atomic E-state index is 0.202. The van der Waals surface area contributed by atoms with Gasteiger partial charge in [-0.05, 0) is 37.0 Å². The Hall–Kier alpha value is -2.04. The van der Waals surface area contributed by atoms with Crippen molar-refractivity contribution in [2.24, 2.45) is 5.92 Å². The molecule has 0 aliphatic carbocycles. The molecule has 0 bridgehead atoms. The van der Waals surface area contributed by atoms with Crippen LogP contribution in [0.3, 0.4) is 0 Å². The molecule has 1 aromatic carbocycles. The van der Waals surface area contributed by atoms with E-state index >= 15 is 0 Å². The molecule has 1 aromatic rings. The third kappa shape index (κ3) is 5.30. The number of hydrogen-bond acceptors (Lipinski definition) is 4. The van der Waals surface area contributed by atoms with E-state index in [1.165, 1.54) is 0 Å². The number of benzene rings is 1. The number of amides is 1. The van der Waals surface area contributed by atoms with E-state index in [1.807, 2.05) is 31.2 Å². The first kappa shape index (κ1) is 16.0. The fourth-order valence-corrected chi connectivity index (χ4v) is 1.77. The molecule has 20 heavy (non-hydrogen) atoms. The molecule has 0 saturated carbocycles. The minimum atomic E-state index is -0.829. The highest BCUT2D eigenvalue weighted by Crippen LogP contribution is 2.14. The van der Waals surface area contributed by atoms with Gasteiger partial charge in [-0.25, -0.2) is 4.79 Å². The van der Waals surface area contributed by atoms with Crippen molar-refractivity contribution in [3.63, 3.8) is 0 Å². The van der Waals surface area contributed by atoms with E-state index in [0.717, 1.165) is 17.7 Å². The van der Waals surface area contributed by atoms with Gasteiger partial charge < -0.3 is 14.8 Å². The standard InChI is InChI=1S/C15H21NO4/c1-4-20-15(18)14(17)16-10-11(2)9-12-5-7-13(19-3)8-6-12/h5-8,11H,4,9-10H2,1-3H3,(H,16,17)/t11-/m0/s1. The summed E-state index contributed by atoms with van der Waals surface area (Å²) >= 11 is 0. The molecule has 0 radical (unpaired) electrons. The summed E-state index contributed by atoms with van der Waals surface area (Å²) in [5, 5.41) is 2.57. The molecular formula is C15H21NO4. The first-order valence-corrected chi connectivity index (χ1v) is 6.64. The van der Waals surface area contributed by atoms with Crippen LogP contribution in [-0.2, 0) is 20.7 Å². The molecular weight excluding hydrogens is 258 g/mol. The maximum absolute atomic E-state index is 11.4. The molecule has 5 nitrogen and oxygen atoms in total. The van der Waals surface area contributed by atoms with Gasteiger partial charge in [-0.2, -0.15) is 0 Å². The average Bonchev–Trinajstić information content (AvgIpc) is 2.45.